The molecule has 2 heterocycles. The maximum atomic E-state index is 11.1. The first kappa shape index (κ1) is 13.8. The van der Waals surface area contributed by atoms with Gasteiger partial charge in [-0.05, 0) is 43.9 Å². The van der Waals surface area contributed by atoms with Crippen LogP contribution in [0.25, 0.3) is 10.9 Å². The van der Waals surface area contributed by atoms with Gasteiger partial charge in [0, 0.05) is 18.0 Å². The lowest BCUT2D eigenvalue weighted by molar-refractivity contribution is 0.0697. The van der Waals surface area contributed by atoms with Gasteiger partial charge in [0.15, 0.2) is 0 Å². The molecule has 1 N–H and O–H groups in total. The quantitative estimate of drug-likeness (QED) is 0.938. The van der Waals surface area contributed by atoms with E-state index in [9.17, 15) is 4.79 Å². The molecule has 1 aromatic carbocycles. The molecule has 0 saturated carbocycles. The van der Waals surface area contributed by atoms with Gasteiger partial charge >= 0.3 is 5.97 Å². The Hall–Kier alpha value is -2.17. The average molecular weight is 285 g/mol. The molecule has 5 heteroatoms. The normalized spacial score (nSPS) is 18.9. The third-order valence-electron chi connectivity index (χ3n) is 4.23. The van der Waals surface area contributed by atoms with Crippen molar-refractivity contribution < 1.29 is 9.90 Å². The first-order chi connectivity index (χ1) is 10.2. The van der Waals surface area contributed by atoms with E-state index in [1.807, 2.05) is 6.07 Å². The molecule has 0 bridgehead atoms. The van der Waals surface area contributed by atoms with Crippen molar-refractivity contribution in [3.05, 3.63) is 30.1 Å². The predicted molar refractivity (Wildman–Crippen MR) is 81.8 cm³/mol. The van der Waals surface area contributed by atoms with Gasteiger partial charge in [-0.3, -0.25) is 0 Å². The summed E-state index contributed by atoms with van der Waals surface area (Å²) in [5.41, 5.74) is 0.957. The van der Waals surface area contributed by atoms with Gasteiger partial charge in [-0.15, -0.1) is 0 Å². The summed E-state index contributed by atoms with van der Waals surface area (Å²) in [6, 6.07) is 5.59. The minimum atomic E-state index is -0.929. The number of carbonyl (C=O) groups is 1. The summed E-state index contributed by atoms with van der Waals surface area (Å²) in [6.45, 7) is 3.21. The summed E-state index contributed by atoms with van der Waals surface area (Å²) >= 11 is 0. The van der Waals surface area contributed by atoms with Gasteiger partial charge in [0.1, 0.15) is 12.1 Å². The van der Waals surface area contributed by atoms with Gasteiger partial charge in [0.2, 0.25) is 0 Å². The number of fused-ring (bicyclic) bond motifs is 1. The number of hydrogen-bond acceptors (Lipinski definition) is 4. The molecular weight excluding hydrogens is 266 g/mol. The van der Waals surface area contributed by atoms with E-state index in [1.54, 1.807) is 12.1 Å². The Kier molecular flexibility index (Phi) is 3.73. The number of carboxylic acids is 1. The van der Waals surface area contributed by atoms with Crippen LogP contribution in [0.4, 0.5) is 5.82 Å². The summed E-state index contributed by atoms with van der Waals surface area (Å²) < 4.78 is 0. The fourth-order valence-electron chi connectivity index (χ4n) is 3.11. The largest absolute Gasteiger partial charge is 0.478 e. The Bertz CT molecular complexity index is 672. The topological polar surface area (TPSA) is 66.3 Å². The highest BCUT2D eigenvalue weighted by Gasteiger charge is 2.23. The first-order valence-corrected chi connectivity index (χ1v) is 7.45. The van der Waals surface area contributed by atoms with E-state index in [2.05, 4.69) is 21.8 Å². The molecule has 5 nitrogen and oxygen atoms in total. The number of aromatic nitrogens is 2. The molecule has 0 amide bonds. The molecule has 1 aromatic heterocycles. The smallest absolute Gasteiger partial charge is 0.335 e. The molecule has 3 rings (SSSR count). The summed E-state index contributed by atoms with van der Waals surface area (Å²) in [6.07, 6.45) is 6.26. The van der Waals surface area contributed by atoms with Crippen LogP contribution in [-0.4, -0.2) is 33.6 Å². The van der Waals surface area contributed by atoms with Crippen LogP contribution in [0.3, 0.4) is 0 Å². The Labute approximate surface area is 123 Å². The lowest BCUT2D eigenvalue weighted by Gasteiger charge is -2.36. The van der Waals surface area contributed by atoms with E-state index in [0.717, 1.165) is 24.2 Å². The Morgan fingerprint density at radius 2 is 2.24 bits per heavy atom. The number of rotatable bonds is 3. The van der Waals surface area contributed by atoms with Crippen molar-refractivity contribution in [2.24, 2.45) is 0 Å². The molecule has 0 aliphatic carbocycles. The van der Waals surface area contributed by atoms with E-state index in [0.29, 0.717) is 11.6 Å². The van der Waals surface area contributed by atoms with Crippen LogP contribution < -0.4 is 4.90 Å². The Morgan fingerprint density at radius 1 is 1.38 bits per heavy atom. The van der Waals surface area contributed by atoms with Crippen molar-refractivity contribution in [2.45, 2.75) is 38.6 Å². The monoisotopic (exact) mass is 285 g/mol. The third-order valence-corrected chi connectivity index (χ3v) is 4.23. The fourth-order valence-corrected chi connectivity index (χ4v) is 3.11. The maximum absolute atomic E-state index is 11.1. The SMILES string of the molecule is CCC1CCCCN1c1ncnc2cc(C(=O)O)ccc12. The summed E-state index contributed by atoms with van der Waals surface area (Å²) in [5.74, 6) is 0.00459. The van der Waals surface area contributed by atoms with E-state index in [4.69, 9.17) is 5.11 Å². The first-order valence-electron chi connectivity index (χ1n) is 7.45. The van der Waals surface area contributed by atoms with Gasteiger partial charge in [0.25, 0.3) is 0 Å². The van der Waals surface area contributed by atoms with Crippen molar-refractivity contribution in [1.82, 2.24) is 9.97 Å². The van der Waals surface area contributed by atoms with Gasteiger partial charge in [-0.2, -0.15) is 0 Å². The van der Waals surface area contributed by atoms with Crippen molar-refractivity contribution in [2.75, 3.05) is 11.4 Å². The standard InChI is InChI=1S/C16H19N3O2/c1-2-12-5-3-4-8-19(12)15-13-7-6-11(16(20)21)9-14(13)17-10-18-15/h6-7,9-10,12H,2-5,8H2,1H3,(H,20,21). The molecule has 1 fully saturated rings. The number of anilines is 1. The van der Waals surface area contributed by atoms with Crippen LogP contribution in [0.5, 0.6) is 0 Å². The highest BCUT2D eigenvalue weighted by Crippen LogP contribution is 2.30. The lowest BCUT2D eigenvalue weighted by atomic mass is 9.99. The van der Waals surface area contributed by atoms with Gasteiger partial charge in [-0.25, -0.2) is 14.8 Å². The summed E-state index contributed by atoms with van der Waals surface area (Å²) in [5, 5.41) is 10.0. The molecular formula is C16H19N3O2. The van der Waals surface area contributed by atoms with Crippen molar-refractivity contribution in [3.63, 3.8) is 0 Å². The van der Waals surface area contributed by atoms with Gasteiger partial charge in [0.05, 0.1) is 11.1 Å². The maximum Gasteiger partial charge on any atom is 0.335 e. The number of aromatic carboxylic acids is 1. The Balaban J connectivity index is 2.08. The number of piperidine rings is 1. The van der Waals surface area contributed by atoms with Crippen molar-refractivity contribution in [1.29, 1.82) is 0 Å². The van der Waals surface area contributed by atoms with Crippen LogP contribution in [0.2, 0.25) is 0 Å². The van der Waals surface area contributed by atoms with Crippen LogP contribution in [0.1, 0.15) is 43.0 Å². The van der Waals surface area contributed by atoms with Crippen LogP contribution in [0, 0.1) is 0 Å². The molecule has 0 radical (unpaired) electrons. The molecule has 1 aliphatic heterocycles. The van der Waals surface area contributed by atoms with E-state index in [1.165, 1.54) is 25.6 Å². The average Bonchev–Trinajstić information content (AvgIpc) is 2.53. The Morgan fingerprint density at radius 3 is 3.00 bits per heavy atom. The van der Waals surface area contributed by atoms with Crippen LogP contribution in [0.15, 0.2) is 24.5 Å². The second-order valence-corrected chi connectivity index (χ2v) is 5.49. The zero-order chi connectivity index (χ0) is 14.8. The predicted octanol–water partition coefficient (Wildman–Crippen LogP) is 3.10. The van der Waals surface area contributed by atoms with Gasteiger partial charge < -0.3 is 10.0 Å². The van der Waals surface area contributed by atoms with Crippen molar-refractivity contribution in [3.8, 4) is 0 Å². The molecule has 1 aliphatic rings. The highest BCUT2D eigenvalue weighted by atomic mass is 16.4. The summed E-state index contributed by atoms with van der Waals surface area (Å²) in [7, 11) is 0. The van der Waals surface area contributed by atoms with Crippen molar-refractivity contribution >= 4 is 22.7 Å². The minimum absolute atomic E-state index is 0.262. The second kappa shape index (κ2) is 5.68. The molecule has 110 valence electrons. The lowest BCUT2D eigenvalue weighted by Crippen LogP contribution is -2.39. The molecule has 0 spiro atoms. The van der Waals surface area contributed by atoms with Crippen LogP contribution in [-0.2, 0) is 0 Å². The van der Waals surface area contributed by atoms with E-state index in [-0.39, 0.29) is 5.56 Å². The zero-order valence-corrected chi connectivity index (χ0v) is 12.1. The minimum Gasteiger partial charge on any atom is -0.478 e. The van der Waals surface area contributed by atoms with Gasteiger partial charge in [-0.1, -0.05) is 6.92 Å². The summed E-state index contributed by atoms with van der Waals surface area (Å²) in [4.78, 5) is 22.1. The zero-order valence-electron chi connectivity index (χ0n) is 12.1. The van der Waals surface area contributed by atoms with E-state index >= 15 is 0 Å². The third kappa shape index (κ3) is 2.55. The number of benzene rings is 1. The fraction of sp³-hybridized carbons (Fsp3) is 0.438. The molecule has 21 heavy (non-hydrogen) atoms. The highest BCUT2D eigenvalue weighted by molar-refractivity contribution is 5.96. The second-order valence-electron chi connectivity index (χ2n) is 5.49. The van der Waals surface area contributed by atoms with Crippen LogP contribution >= 0.6 is 0 Å². The molecule has 1 saturated heterocycles. The number of nitrogens with zero attached hydrogens (tertiary/aromatic N) is 3. The molecule has 2 aromatic rings. The number of hydrogen-bond donors (Lipinski definition) is 1. The molecule has 1 atom stereocenters. The van der Waals surface area contributed by atoms with E-state index < -0.39 is 5.97 Å². The molecule has 1 unspecified atom stereocenters. The number of carboxylic acid groups (broad SMARTS) is 1.